The van der Waals surface area contributed by atoms with Crippen LogP contribution in [0.3, 0.4) is 0 Å². The van der Waals surface area contributed by atoms with Crippen molar-refractivity contribution in [2.45, 2.75) is 70.4 Å². The molecule has 0 amide bonds. The normalized spacial score (nSPS) is 40.1. The third-order valence-corrected chi connectivity index (χ3v) is 5.26. The molecule has 2 rings (SSSR count). The first-order chi connectivity index (χ1) is 8.07. The molecule has 2 heteroatoms. The van der Waals surface area contributed by atoms with Crippen LogP contribution in [-0.4, -0.2) is 30.1 Å². The lowest BCUT2D eigenvalue weighted by Crippen LogP contribution is -2.58. The summed E-state index contributed by atoms with van der Waals surface area (Å²) in [4.78, 5) is 2.67. The highest BCUT2D eigenvalue weighted by Crippen LogP contribution is 2.41. The first-order valence-electron chi connectivity index (χ1n) is 7.50. The molecule has 0 saturated heterocycles. The van der Waals surface area contributed by atoms with Crippen LogP contribution < -0.4 is 5.73 Å². The summed E-state index contributed by atoms with van der Waals surface area (Å²) >= 11 is 0. The average Bonchev–Trinajstić information content (AvgIpc) is 2.79. The van der Waals surface area contributed by atoms with E-state index >= 15 is 0 Å². The van der Waals surface area contributed by atoms with Gasteiger partial charge < -0.3 is 5.73 Å². The summed E-state index contributed by atoms with van der Waals surface area (Å²) < 4.78 is 0. The van der Waals surface area contributed by atoms with Crippen LogP contribution in [0.2, 0.25) is 0 Å². The Kier molecular flexibility index (Phi) is 4.14. The third kappa shape index (κ3) is 2.68. The Morgan fingerprint density at radius 3 is 2.12 bits per heavy atom. The summed E-state index contributed by atoms with van der Waals surface area (Å²) in [6, 6.07) is 0.802. The lowest BCUT2D eigenvalue weighted by Gasteiger charge is -2.50. The molecule has 0 radical (unpaired) electrons. The maximum Gasteiger partial charge on any atom is 0.0336 e. The van der Waals surface area contributed by atoms with E-state index in [0.717, 1.165) is 24.4 Å². The zero-order valence-electron chi connectivity index (χ0n) is 11.9. The highest BCUT2D eigenvalue weighted by atomic mass is 15.2. The van der Waals surface area contributed by atoms with E-state index in [2.05, 4.69) is 25.8 Å². The molecule has 2 atom stereocenters. The number of nitrogens with zero attached hydrogens (tertiary/aromatic N) is 1. The summed E-state index contributed by atoms with van der Waals surface area (Å²) in [6.07, 6.45) is 9.62. The zero-order chi connectivity index (χ0) is 12.5. The topological polar surface area (TPSA) is 29.3 Å². The maximum atomic E-state index is 6.19. The van der Waals surface area contributed by atoms with Crippen LogP contribution in [0.1, 0.15) is 58.8 Å². The predicted octanol–water partition coefficient (Wildman–Crippen LogP) is 3.01. The molecule has 2 N–H and O–H groups in total. The van der Waals surface area contributed by atoms with E-state index in [0.29, 0.717) is 5.54 Å². The minimum atomic E-state index is 0.298. The summed E-state index contributed by atoms with van der Waals surface area (Å²) in [6.45, 7) is 5.65. The lowest BCUT2D eigenvalue weighted by molar-refractivity contribution is 0.0106. The average molecular weight is 238 g/mol. The molecule has 0 aliphatic heterocycles. The van der Waals surface area contributed by atoms with E-state index < -0.39 is 0 Å². The molecule has 2 fully saturated rings. The van der Waals surface area contributed by atoms with Gasteiger partial charge in [-0.15, -0.1) is 0 Å². The van der Waals surface area contributed by atoms with Crippen LogP contribution in [0.5, 0.6) is 0 Å². The van der Waals surface area contributed by atoms with E-state index in [4.69, 9.17) is 5.73 Å². The summed E-state index contributed by atoms with van der Waals surface area (Å²) in [5, 5.41) is 0. The van der Waals surface area contributed by atoms with Crippen molar-refractivity contribution in [2.24, 2.45) is 17.6 Å². The van der Waals surface area contributed by atoms with E-state index in [1.165, 1.54) is 44.9 Å². The van der Waals surface area contributed by atoms with Gasteiger partial charge >= 0.3 is 0 Å². The molecule has 0 aromatic heterocycles. The van der Waals surface area contributed by atoms with Crippen molar-refractivity contribution in [2.75, 3.05) is 13.6 Å². The maximum absolute atomic E-state index is 6.19. The fraction of sp³-hybridized carbons (Fsp3) is 1.00. The third-order valence-electron chi connectivity index (χ3n) is 5.26. The van der Waals surface area contributed by atoms with Gasteiger partial charge in [0.2, 0.25) is 0 Å². The SMILES string of the molecule is CC1CC(C)CC(CN)(N(C)C2CCCC2)C1. The molecule has 17 heavy (non-hydrogen) atoms. The van der Waals surface area contributed by atoms with Gasteiger partial charge in [-0.3, -0.25) is 4.90 Å². The van der Waals surface area contributed by atoms with E-state index in [9.17, 15) is 0 Å². The molecule has 2 saturated carbocycles. The van der Waals surface area contributed by atoms with Crippen LogP contribution >= 0.6 is 0 Å². The molecule has 2 nitrogen and oxygen atoms in total. The van der Waals surface area contributed by atoms with Crippen LogP contribution in [0.4, 0.5) is 0 Å². The summed E-state index contributed by atoms with van der Waals surface area (Å²) in [5.41, 5.74) is 6.49. The predicted molar refractivity (Wildman–Crippen MR) is 74.0 cm³/mol. The Bertz CT molecular complexity index is 235. The Balaban J connectivity index is 2.11. The minimum absolute atomic E-state index is 0.298. The number of hydrogen-bond donors (Lipinski definition) is 1. The molecule has 0 spiro atoms. The van der Waals surface area contributed by atoms with Gasteiger partial charge in [0.1, 0.15) is 0 Å². The second kappa shape index (κ2) is 5.27. The quantitative estimate of drug-likeness (QED) is 0.819. The van der Waals surface area contributed by atoms with Crippen LogP contribution in [-0.2, 0) is 0 Å². The number of rotatable bonds is 3. The van der Waals surface area contributed by atoms with Crippen molar-refractivity contribution >= 4 is 0 Å². The standard InChI is InChI=1S/C15H30N2/c1-12-8-13(2)10-15(9-12,11-16)17(3)14-6-4-5-7-14/h12-14H,4-11,16H2,1-3H3. The van der Waals surface area contributed by atoms with Crippen LogP contribution in [0.15, 0.2) is 0 Å². The fourth-order valence-corrected chi connectivity index (χ4v) is 4.51. The molecular formula is C15H30N2. The summed E-state index contributed by atoms with van der Waals surface area (Å²) in [7, 11) is 2.34. The second-order valence-corrected chi connectivity index (χ2v) is 6.83. The van der Waals surface area contributed by atoms with Gasteiger partial charge in [-0.2, -0.15) is 0 Å². The summed E-state index contributed by atoms with van der Waals surface area (Å²) in [5.74, 6) is 1.68. The van der Waals surface area contributed by atoms with Gasteiger partial charge in [-0.1, -0.05) is 26.7 Å². The molecule has 0 aromatic rings. The van der Waals surface area contributed by atoms with Gasteiger partial charge in [-0.05, 0) is 51.0 Å². The Labute approximate surface area is 107 Å². The van der Waals surface area contributed by atoms with Crippen molar-refractivity contribution in [3.8, 4) is 0 Å². The molecule has 0 heterocycles. The van der Waals surface area contributed by atoms with E-state index in [1.54, 1.807) is 0 Å². The van der Waals surface area contributed by atoms with Gasteiger partial charge in [0.25, 0.3) is 0 Å². The van der Waals surface area contributed by atoms with Crippen LogP contribution in [0.25, 0.3) is 0 Å². The Morgan fingerprint density at radius 1 is 1.12 bits per heavy atom. The molecule has 0 aromatic carbocycles. The first-order valence-corrected chi connectivity index (χ1v) is 7.50. The molecular weight excluding hydrogens is 208 g/mol. The number of nitrogens with two attached hydrogens (primary N) is 1. The molecule has 100 valence electrons. The smallest absolute Gasteiger partial charge is 0.0336 e. The highest BCUT2D eigenvalue weighted by molar-refractivity contribution is 4.99. The minimum Gasteiger partial charge on any atom is -0.329 e. The van der Waals surface area contributed by atoms with Crippen molar-refractivity contribution in [3.05, 3.63) is 0 Å². The molecule has 2 aliphatic rings. The number of hydrogen-bond acceptors (Lipinski definition) is 2. The molecule has 2 aliphatic carbocycles. The van der Waals surface area contributed by atoms with Gasteiger partial charge in [0.05, 0.1) is 0 Å². The van der Waals surface area contributed by atoms with Gasteiger partial charge in [0.15, 0.2) is 0 Å². The Morgan fingerprint density at radius 2 is 1.65 bits per heavy atom. The zero-order valence-corrected chi connectivity index (χ0v) is 11.9. The van der Waals surface area contributed by atoms with Crippen molar-refractivity contribution < 1.29 is 0 Å². The molecule has 0 bridgehead atoms. The monoisotopic (exact) mass is 238 g/mol. The van der Waals surface area contributed by atoms with Gasteiger partial charge in [0, 0.05) is 18.1 Å². The van der Waals surface area contributed by atoms with Gasteiger partial charge in [-0.25, -0.2) is 0 Å². The fourth-order valence-electron chi connectivity index (χ4n) is 4.51. The first kappa shape index (κ1) is 13.4. The van der Waals surface area contributed by atoms with Crippen LogP contribution in [0, 0.1) is 11.8 Å². The second-order valence-electron chi connectivity index (χ2n) is 6.83. The lowest BCUT2D eigenvalue weighted by atomic mass is 9.70. The van der Waals surface area contributed by atoms with Crippen molar-refractivity contribution in [3.63, 3.8) is 0 Å². The number of likely N-dealkylation sites (N-methyl/N-ethyl adjacent to an activating group) is 1. The molecule has 2 unspecified atom stereocenters. The van der Waals surface area contributed by atoms with E-state index in [-0.39, 0.29) is 0 Å². The largest absolute Gasteiger partial charge is 0.329 e. The van der Waals surface area contributed by atoms with Crippen molar-refractivity contribution in [1.82, 2.24) is 4.90 Å². The van der Waals surface area contributed by atoms with Crippen molar-refractivity contribution in [1.29, 1.82) is 0 Å². The Hall–Kier alpha value is -0.0800. The van der Waals surface area contributed by atoms with E-state index in [1.807, 2.05) is 0 Å². The highest BCUT2D eigenvalue weighted by Gasteiger charge is 2.42.